The number of carboxylic acids is 1. The van der Waals surface area contributed by atoms with Crippen molar-refractivity contribution in [1.29, 1.82) is 0 Å². The van der Waals surface area contributed by atoms with Crippen LogP contribution < -0.4 is 5.32 Å². The summed E-state index contributed by atoms with van der Waals surface area (Å²) in [5, 5.41) is 11.7. The van der Waals surface area contributed by atoms with Gasteiger partial charge in [-0.25, -0.2) is 4.79 Å². The summed E-state index contributed by atoms with van der Waals surface area (Å²) in [6.07, 6.45) is 4.75. The summed E-state index contributed by atoms with van der Waals surface area (Å²) in [6.45, 7) is 5.53. The van der Waals surface area contributed by atoms with Gasteiger partial charge in [0.2, 0.25) is 0 Å². The van der Waals surface area contributed by atoms with Crippen molar-refractivity contribution < 1.29 is 14.6 Å². The molecule has 0 bridgehead atoms. The maximum atomic E-state index is 10.2. The molecule has 1 aliphatic heterocycles. The predicted octanol–water partition coefficient (Wildman–Crippen LogP) is 1.17. The summed E-state index contributed by atoms with van der Waals surface area (Å²) in [5.74, 6) is -0.899. The number of carboxylic acid groups (broad SMARTS) is 1. The van der Waals surface area contributed by atoms with Crippen LogP contribution in [0, 0.1) is 0 Å². The molecule has 0 aromatic heterocycles. The number of carbonyl (C=O) groups is 1. The number of hydrogen-bond donors (Lipinski definition) is 2. The first-order chi connectivity index (χ1) is 6.99. The van der Waals surface area contributed by atoms with E-state index in [4.69, 9.17) is 9.84 Å². The van der Waals surface area contributed by atoms with Gasteiger partial charge in [-0.2, -0.15) is 0 Å². The summed E-state index contributed by atoms with van der Waals surface area (Å²) < 4.78 is 5.59. The second kappa shape index (κ2) is 5.28. The summed E-state index contributed by atoms with van der Waals surface area (Å²) in [7, 11) is 0. The first kappa shape index (κ1) is 12.2. The van der Waals surface area contributed by atoms with E-state index in [1.165, 1.54) is 0 Å². The molecule has 1 fully saturated rings. The topological polar surface area (TPSA) is 58.6 Å². The minimum absolute atomic E-state index is 0.0631. The number of aliphatic carboxylic acids is 1. The average molecular weight is 213 g/mol. The fourth-order valence-electron chi connectivity index (χ4n) is 1.80. The van der Waals surface area contributed by atoms with Crippen LogP contribution in [0.5, 0.6) is 0 Å². The molecular formula is C11H19NO3. The highest BCUT2D eigenvalue weighted by Gasteiger charge is 2.27. The van der Waals surface area contributed by atoms with Crippen molar-refractivity contribution in [3.05, 3.63) is 12.2 Å². The second-order valence-electron chi connectivity index (χ2n) is 4.45. The molecule has 1 heterocycles. The largest absolute Gasteiger partial charge is 0.478 e. The van der Waals surface area contributed by atoms with Gasteiger partial charge in [-0.1, -0.05) is 6.08 Å². The van der Waals surface area contributed by atoms with E-state index in [1.807, 2.05) is 0 Å². The lowest BCUT2D eigenvalue weighted by Gasteiger charge is -2.35. The van der Waals surface area contributed by atoms with Crippen LogP contribution in [0.15, 0.2) is 12.2 Å². The molecule has 4 heteroatoms. The van der Waals surface area contributed by atoms with Gasteiger partial charge >= 0.3 is 5.97 Å². The monoisotopic (exact) mass is 213 g/mol. The Balaban J connectivity index is 2.24. The van der Waals surface area contributed by atoms with Gasteiger partial charge in [0.25, 0.3) is 0 Å². The van der Waals surface area contributed by atoms with Crippen molar-refractivity contribution in [1.82, 2.24) is 5.32 Å². The molecule has 4 nitrogen and oxygen atoms in total. The van der Waals surface area contributed by atoms with E-state index in [9.17, 15) is 4.79 Å². The Kier molecular flexibility index (Phi) is 4.29. The van der Waals surface area contributed by atoms with E-state index in [-0.39, 0.29) is 5.60 Å². The first-order valence-corrected chi connectivity index (χ1v) is 5.26. The van der Waals surface area contributed by atoms with Gasteiger partial charge in [-0.15, -0.1) is 0 Å². The molecule has 1 saturated heterocycles. The minimum atomic E-state index is -0.899. The molecule has 1 atom stereocenters. The number of nitrogens with one attached hydrogen (secondary N) is 1. The molecule has 0 amide bonds. The fraction of sp³-hybridized carbons (Fsp3) is 0.727. The normalized spacial score (nSPS) is 25.6. The molecule has 0 radical (unpaired) electrons. The van der Waals surface area contributed by atoms with Crippen LogP contribution in [0.4, 0.5) is 0 Å². The van der Waals surface area contributed by atoms with E-state index >= 15 is 0 Å². The Labute approximate surface area is 90.3 Å². The third kappa shape index (κ3) is 4.95. The number of ether oxygens (including phenoxy) is 1. The highest BCUT2D eigenvalue weighted by Crippen LogP contribution is 2.23. The van der Waals surface area contributed by atoms with Gasteiger partial charge in [0.15, 0.2) is 0 Å². The average Bonchev–Trinajstić information content (AvgIpc) is 2.10. The van der Waals surface area contributed by atoms with E-state index in [0.29, 0.717) is 12.6 Å². The molecule has 0 aliphatic carbocycles. The second-order valence-corrected chi connectivity index (χ2v) is 4.45. The van der Waals surface area contributed by atoms with Gasteiger partial charge < -0.3 is 15.2 Å². The van der Waals surface area contributed by atoms with Crippen molar-refractivity contribution in [2.24, 2.45) is 0 Å². The first-order valence-electron chi connectivity index (χ1n) is 5.26. The molecule has 0 aromatic carbocycles. The Morgan fingerprint density at radius 3 is 3.00 bits per heavy atom. The minimum Gasteiger partial charge on any atom is -0.478 e. The molecule has 86 valence electrons. The van der Waals surface area contributed by atoms with Crippen LogP contribution in [0.25, 0.3) is 0 Å². The molecule has 2 N–H and O–H groups in total. The Morgan fingerprint density at radius 1 is 1.67 bits per heavy atom. The molecule has 1 aliphatic rings. The molecular weight excluding hydrogens is 194 g/mol. The lowest BCUT2D eigenvalue weighted by Crippen LogP contribution is -2.43. The Bertz CT molecular complexity index is 248. The Morgan fingerprint density at radius 2 is 2.40 bits per heavy atom. The quantitative estimate of drug-likeness (QED) is 0.688. The van der Waals surface area contributed by atoms with Gasteiger partial charge in [0, 0.05) is 25.3 Å². The highest BCUT2D eigenvalue weighted by atomic mass is 16.5. The van der Waals surface area contributed by atoms with Gasteiger partial charge in [0.1, 0.15) is 0 Å². The molecule has 0 spiro atoms. The number of hydrogen-bond acceptors (Lipinski definition) is 3. The van der Waals surface area contributed by atoms with E-state index in [2.05, 4.69) is 19.2 Å². The van der Waals surface area contributed by atoms with Crippen LogP contribution in [0.3, 0.4) is 0 Å². The SMILES string of the molecule is CC1(C)CC(NC/C=C/C(=O)O)CCO1. The molecule has 0 saturated carbocycles. The van der Waals surface area contributed by atoms with Crippen LogP contribution in [-0.2, 0) is 9.53 Å². The third-order valence-corrected chi connectivity index (χ3v) is 2.48. The lowest BCUT2D eigenvalue weighted by molar-refractivity contribution is -0.131. The van der Waals surface area contributed by atoms with Crippen molar-refractivity contribution in [3.63, 3.8) is 0 Å². The van der Waals surface area contributed by atoms with Gasteiger partial charge in [-0.05, 0) is 26.7 Å². The fourth-order valence-corrected chi connectivity index (χ4v) is 1.80. The van der Waals surface area contributed by atoms with Crippen molar-refractivity contribution in [3.8, 4) is 0 Å². The van der Waals surface area contributed by atoms with Crippen molar-refractivity contribution in [2.75, 3.05) is 13.2 Å². The molecule has 1 unspecified atom stereocenters. The predicted molar refractivity (Wildman–Crippen MR) is 57.8 cm³/mol. The van der Waals surface area contributed by atoms with Crippen molar-refractivity contribution in [2.45, 2.75) is 38.3 Å². The smallest absolute Gasteiger partial charge is 0.328 e. The highest BCUT2D eigenvalue weighted by molar-refractivity contribution is 5.79. The van der Waals surface area contributed by atoms with Gasteiger partial charge in [0.05, 0.1) is 5.60 Å². The summed E-state index contributed by atoms with van der Waals surface area (Å²) in [5.41, 5.74) is -0.0631. The van der Waals surface area contributed by atoms with Gasteiger partial charge in [-0.3, -0.25) is 0 Å². The maximum Gasteiger partial charge on any atom is 0.328 e. The molecule has 15 heavy (non-hydrogen) atoms. The molecule has 0 aromatic rings. The number of rotatable bonds is 4. The van der Waals surface area contributed by atoms with Crippen LogP contribution in [0.1, 0.15) is 26.7 Å². The third-order valence-electron chi connectivity index (χ3n) is 2.48. The van der Waals surface area contributed by atoms with Crippen LogP contribution in [0.2, 0.25) is 0 Å². The van der Waals surface area contributed by atoms with Crippen LogP contribution in [-0.4, -0.2) is 35.9 Å². The zero-order chi connectivity index (χ0) is 11.3. The zero-order valence-corrected chi connectivity index (χ0v) is 9.32. The summed E-state index contributed by atoms with van der Waals surface area (Å²) in [4.78, 5) is 10.2. The maximum absolute atomic E-state index is 10.2. The van der Waals surface area contributed by atoms with Crippen LogP contribution >= 0.6 is 0 Å². The van der Waals surface area contributed by atoms with E-state index in [1.54, 1.807) is 6.08 Å². The zero-order valence-electron chi connectivity index (χ0n) is 9.32. The summed E-state index contributed by atoms with van der Waals surface area (Å²) >= 11 is 0. The van der Waals surface area contributed by atoms with E-state index in [0.717, 1.165) is 25.5 Å². The van der Waals surface area contributed by atoms with Crippen molar-refractivity contribution >= 4 is 5.97 Å². The Hall–Kier alpha value is -0.870. The standard InChI is InChI=1S/C11H19NO3/c1-11(2)8-9(5-7-15-11)12-6-3-4-10(13)14/h3-4,9,12H,5-8H2,1-2H3,(H,13,14)/b4-3+. The summed E-state index contributed by atoms with van der Waals surface area (Å²) in [6, 6.07) is 0.423. The molecule has 1 rings (SSSR count). The lowest BCUT2D eigenvalue weighted by atomic mass is 9.94. The van der Waals surface area contributed by atoms with E-state index < -0.39 is 5.97 Å².